The maximum atomic E-state index is 5.55. The van der Waals surface area contributed by atoms with Crippen LogP contribution in [-0.4, -0.2) is 37.0 Å². The Kier molecular flexibility index (Phi) is 7.24. The fourth-order valence-electron chi connectivity index (χ4n) is 3.04. The van der Waals surface area contributed by atoms with Crippen LogP contribution in [0.5, 0.6) is 5.75 Å². The monoisotopic (exact) mass is 522 g/mol. The first-order valence-corrected chi connectivity index (χ1v) is 13.2. The standard InChI is InChI=1S/C27H22OSe2/c1-28-23-15-11-14-22(20-23)27(30-25-18-9-4-10-19-25)26(21-12-5-2-6-13-21)29-24-16-7-3-8-17-24/h2-20H,1H3/b27-26+. The van der Waals surface area contributed by atoms with Gasteiger partial charge in [0.25, 0.3) is 0 Å². The molecular weight excluding hydrogens is 498 g/mol. The van der Waals surface area contributed by atoms with E-state index in [0.717, 1.165) is 5.75 Å². The van der Waals surface area contributed by atoms with Gasteiger partial charge in [0.1, 0.15) is 0 Å². The number of methoxy groups -OCH3 is 1. The van der Waals surface area contributed by atoms with Crippen LogP contribution >= 0.6 is 0 Å². The molecule has 0 fully saturated rings. The Balaban J connectivity index is 1.91. The van der Waals surface area contributed by atoms with Crippen LogP contribution in [0.3, 0.4) is 0 Å². The van der Waals surface area contributed by atoms with Gasteiger partial charge in [-0.25, -0.2) is 0 Å². The van der Waals surface area contributed by atoms with Crippen molar-refractivity contribution in [2.75, 3.05) is 7.11 Å². The topological polar surface area (TPSA) is 9.23 Å². The van der Waals surface area contributed by atoms with E-state index in [9.17, 15) is 0 Å². The van der Waals surface area contributed by atoms with E-state index >= 15 is 0 Å². The van der Waals surface area contributed by atoms with Gasteiger partial charge in [-0.15, -0.1) is 0 Å². The van der Waals surface area contributed by atoms with Gasteiger partial charge in [-0.1, -0.05) is 0 Å². The quantitative estimate of drug-likeness (QED) is 0.256. The molecule has 30 heavy (non-hydrogen) atoms. The van der Waals surface area contributed by atoms with Crippen molar-refractivity contribution in [3.8, 4) is 5.75 Å². The first-order valence-electron chi connectivity index (χ1n) is 9.73. The van der Waals surface area contributed by atoms with E-state index in [-0.39, 0.29) is 29.9 Å². The molecule has 0 aromatic heterocycles. The second-order valence-electron chi connectivity index (χ2n) is 6.59. The summed E-state index contributed by atoms with van der Waals surface area (Å²) < 4.78 is 11.2. The predicted octanol–water partition coefficient (Wildman–Crippen LogP) is 4.58. The van der Waals surface area contributed by atoms with Gasteiger partial charge in [-0.2, -0.15) is 0 Å². The molecule has 0 N–H and O–H groups in total. The molecule has 0 aliphatic carbocycles. The van der Waals surface area contributed by atoms with Crippen molar-refractivity contribution in [3.63, 3.8) is 0 Å². The van der Waals surface area contributed by atoms with Gasteiger partial charge >= 0.3 is 192 Å². The molecule has 0 heterocycles. The normalized spacial score (nSPS) is 11.6. The van der Waals surface area contributed by atoms with Crippen molar-refractivity contribution in [3.05, 3.63) is 126 Å². The van der Waals surface area contributed by atoms with Crippen LogP contribution < -0.4 is 13.7 Å². The molecule has 0 spiro atoms. The molecule has 0 atom stereocenters. The Morgan fingerprint density at radius 2 is 1.00 bits per heavy atom. The Morgan fingerprint density at radius 1 is 0.533 bits per heavy atom. The number of ether oxygens (including phenoxy) is 1. The SMILES string of the molecule is COc1cccc(/C([Se]c2ccccc2)=C(\[Se]c2ccccc2)c2ccccc2)c1. The van der Waals surface area contributed by atoms with Gasteiger partial charge in [-0.05, 0) is 0 Å². The average molecular weight is 520 g/mol. The third kappa shape index (κ3) is 5.33. The molecule has 148 valence electrons. The van der Waals surface area contributed by atoms with E-state index in [1.165, 1.54) is 29.0 Å². The maximum absolute atomic E-state index is 5.55. The summed E-state index contributed by atoms with van der Waals surface area (Å²) in [4.78, 5) is 0. The average Bonchev–Trinajstić information content (AvgIpc) is 2.83. The van der Waals surface area contributed by atoms with Crippen molar-refractivity contribution in [2.24, 2.45) is 0 Å². The third-order valence-electron chi connectivity index (χ3n) is 4.50. The fraction of sp³-hybridized carbons (Fsp3) is 0.0370. The van der Waals surface area contributed by atoms with Gasteiger partial charge in [0.05, 0.1) is 0 Å². The molecule has 0 saturated carbocycles. The van der Waals surface area contributed by atoms with Gasteiger partial charge < -0.3 is 0 Å². The summed E-state index contributed by atoms with van der Waals surface area (Å²) in [5, 5.41) is 0. The third-order valence-corrected chi connectivity index (χ3v) is 9.99. The zero-order chi connectivity index (χ0) is 20.6. The molecule has 4 aromatic rings. The summed E-state index contributed by atoms with van der Waals surface area (Å²) in [6.45, 7) is 0. The van der Waals surface area contributed by atoms with Crippen LogP contribution in [0.4, 0.5) is 0 Å². The zero-order valence-corrected chi connectivity index (χ0v) is 20.1. The molecule has 4 aromatic carbocycles. The predicted molar refractivity (Wildman–Crippen MR) is 130 cm³/mol. The molecule has 0 unspecified atom stereocenters. The summed E-state index contributed by atoms with van der Waals surface area (Å²) in [5.41, 5.74) is 2.55. The first kappa shape index (κ1) is 20.7. The minimum absolute atomic E-state index is 0.176. The van der Waals surface area contributed by atoms with Crippen molar-refractivity contribution in [1.82, 2.24) is 0 Å². The van der Waals surface area contributed by atoms with E-state index in [4.69, 9.17) is 4.74 Å². The van der Waals surface area contributed by atoms with Crippen molar-refractivity contribution in [2.45, 2.75) is 0 Å². The molecule has 0 aliphatic rings. The van der Waals surface area contributed by atoms with Crippen LogP contribution in [0, 0.1) is 0 Å². The van der Waals surface area contributed by atoms with E-state index in [1.807, 2.05) is 6.07 Å². The second-order valence-corrected chi connectivity index (χ2v) is 11.1. The van der Waals surface area contributed by atoms with Crippen LogP contribution in [0.2, 0.25) is 0 Å². The Labute approximate surface area is 191 Å². The second kappa shape index (κ2) is 10.5. The molecule has 0 amide bonds. The molecular formula is C27H22OSe2. The molecule has 1 nitrogen and oxygen atoms in total. The van der Waals surface area contributed by atoms with Gasteiger partial charge in [0.15, 0.2) is 0 Å². The van der Waals surface area contributed by atoms with Crippen molar-refractivity contribution < 1.29 is 4.74 Å². The number of rotatable bonds is 7. The molecule has 0 bridgehead atoms. The van der Waals surface area contributed by atoms with Crippen LogP contribution in [0.1, 0.15) is 11.1 Å². The number of benzene rings is 4. The minimum atomic E-state index is 0.176. The Bertz CT molecular complexity index is 1110. The molecule has 0 aliphatic heterocycles. The molecule has 4 rings (SSSR count). The van der Waals surface area contributed by atoms with Gasteiger partial charge in [0, 0.05) is 0 Å². The van der Waals surface area contributed by atoms with Crippen LogP contribution in [-0.2, 0) is 0 Å². The Hall–Kier alpha value is -2.54. The summed E-state index contributed by atoms with van der Waals surface area (Å²) in [6, 6.07) is 41.0. The molecule has 0 saturated heterocycles. The first-order chi connectivity index (χ1) is 14.8. The van der Waals surface area contributed by atoms with E-state index in [1.54, 1.807) is 7.11 Å². The summed E-state index contributed by atoms with van der Waals surface area (Å²) >= 11 is 0.368. The van der Waals surface area contributed by atoms with E-state index < -0.39 is 0 Å². The van der Waals surface area contributed by atoms with Gasteiger partial charge in [-0.3, -0.25) is 0 Å². The van der Waals surface area contributed by atoms with Crippen molar-refractivity contribution in [1.29, 1.82) is 0 Å². The molecule has 3 heteroatoms. The summed E-state index contributed by atoms with van der Waals surface area (Å²) in [7, 11) is 1.73. The zero-order valence-electron chi connectivity index (χ0n) is 16.7. The Morgan fingerprint density at radius 3 is 1.53 bits per heavy atom. The fourth-order valence-corrected chi connectivity index (χ4v) is 8.10. The van der Waals surface area contributed by atoms with E-state index in [0.29, 0.717) is 0 Å². The van der Waals surface area contributed by atoms with Gasteiger partial charge in [0.2, 0.25) is 0 Å². The van der Waals surface area contributed by atoms with Crippen molar-refractivity contribution >= 4 is 47.8 Å². The number of hydrogen-bond acceptors (Lipinski definition) is 1. The van der Waals surface area contributed by atoms with Crippen LogP contribution in [0.25, 0.3) is 8.94 Å². The summed E-state index contributed by atoms with van der Waals surface area (Å²) in [5.74, 6) is 0.897. The van der Waals surface area contributed by atoms with Crippen LogP contribution in [0.15, 0.2) is 115 Å². The summed E-state index contributed by atoms with van der Waals surface area (Å²) in [6.07, 6.45) is 0. The molecule has 0 radical (unpaired) electrons. The van der Waals surface area contributed by atoms with E-state index in [2.05, 4.69) is 109 Å². The number of hydrogen-bond donors (Lipinski definition) is 0.